The molecule has 2 aromatic heterocycles. The molecule has 0 fully saturated rings. The molecule has 2 rings (SSSR count). The van der Waals surface area contributed by atoms with Gasteiger partial charge >= 0.3 is 0 Å². The summed E-state index contributed by atoms with van der Waals surface area (Å²) in [5.74, 6) is 0. The van der Waals surface area contributed by atoms with Gasteiger partial charge in [0, 0.05) is 14.6 Å². The molecule has 1 atom stereocenters. The van der Waals surface area contributed by atoms with E-state index in [4.69, 9.17) is 11.6 Å². The van der Waals surface area contributed by atoms with E-state index >= 15 is 0 Å². The van der Waals surface area contributed by atoms with E-state index in [0.29, 0.717) is 0 Å². The van der Waals surface area contributed by atoms with Crippen LogP contribution in [0.4, 0.5) is 0 Å². The molecule has 2 aromatic rings. The zero-order valence-electron chi connectivity index (χ0n) is 9.30. The molecule has 0 radical (unpaired) electrons. The molecule has 0 saturated carbocycles. The van der Waals surface area contributed by atoms with E-state index in [1.54, 1.807) is 22.7 Å². The average Bonchev–Trinajstić information content (AvgIpc) is 2.72. The molecule has 1 unspecified atom stereocenters. The molecule has 0 nitrogen and oxygen atoms in total. The summed E-state index contributed by atoms with van der Waals surface area (Å²) in [4.78, 5) is 3.81. The van der Waals surface area contributed by atoms with Crippen molar-refractivity contribution >= 4 is 50.2 Å². The highest BCUT2D eigenvalue weighted by Gasteiger charge is 2.17. The topological polar surface area (TPSA) is 0 Å². The largest absolute Gasteiger partial charge is 0.143 e. The third-order valence-electron chi connectivity index (χ3n) is 2.56. The summed E-state index contributed by atoms with van der Waals surface area (Å²) in [7, 11) is 0. The Bertz CT molecular complexity index is 428. The third kappa shape index (κ3) is 2.37. The van der Waals surface area contributed by atoms with Crippen molar-refractivity contribution in [3.8, 4) is 0 Å². The van der Waals surface area contributed by atoms with Crippen molar-refractivity contribution in [3.63, 3.8) is 0 Å². The standard InChI is InChI=1S/C12H12BrClS2/c1-6-4-9(15-8(6)3)11(14)10-5-7(2)12(13)16-10/h4-5,11H,1-3H3. The van der Waals surface area contributed by atoms with Crippen LogP contribution in [0, 0.1) is 20.8 Å². The smallest absolute Gasteiger partial charge is 0.102 e. The molecule has 0 aromatic carbocycles. The number of halogens is 2. The number of alkyl halides is 1. The number of thiophene rings is 2. The van der Waals surface area contributed by atoms with Gasteiger partial charge in [-0.1, -0.05) is 0 Å². The number of hydrogen-bond donors (Lipinski definition) is 0. The Morgan fingerprint density at radius 3 is 2.06 bits per heavy atom. The van der Waals surface area contributed by atoms with E-state index in [9.17, 15) is 0 Å². The maximum absolute atomic E-state index is 6.50. The van der Waals surface area contributed by atoms with E-state index < -0.39 is 0 Å². The van der Waals surface area contributed by atoms with Gasteiger partial charge in [-0.05, 0) is 60.0 Å². The molecular formula is C12H12BrClS2. The second-order valence-corrected chi connectivity index (χ2v) is 7.98. The zero-order valence-corrected chi connectivity index (χ0v) is 13.3. The first kappa shape index (κ1) is 12.6. The van der Waals surface area contributed by atoms with Crippen LogP contribution >= 0.6 is 50.2 Å². The van der Waals surface area contributed by atoms with Crippen molar-refractivity contribution in [1.29, 1.82) is 0 Å². The Morgan fingerprint density at radius 2 is 1.62 bits per heavy atom. The van der Waals surface area contributed by atoms with Gasteiger partial charge in [0.05, 0.1) is 3.79 Å². The van der Waals surface area contributed by atoms with Crippen LogP contribution in [0.2, 0.25) is 0 Å². The molecule has 0 N–H and O–H groups in total. The predicted molar refractivity (Wildman–Crippen MR) is 78.2 cm³/mol. The Balaban J connectivity index is 2.34. The highest BCUT2D eigenvalue weighted by molar-refractivity contribution is 9.11. The zero-order chi connectivity index (χ0) is 11.9. The minimum atomic E-state index is -0.00704. The molecule has 0 aliphatic heterocycles. The van der Waals surface area contributed by atoms with Gasteiger partial charge in [0.1, 0.15) is 5.38 Å². The fourth-order valence-electron chi connectivity index (χ4n) is 1.48. The molecule has 16 heavy (non-hydrogen) atoms. The SMILES string of the molecule is Cc1cc(C(Cl)c2cc(C)c(Br)s2)sc1C. The van der Waals surface area contributed by atoms with Crippen molar-refractivity contribution in [3.05, 3.63) is 41.7 Å². The summed E-state index contributed by atoms with van der Waals surface area (Å²) in [6, 6.07) is 4.36. The lowest BCUT2D eigenvalue weighted by molar-refractivity contribution is 1.23. The Kier molecular flexibility index (Phi) is 3.79. The lowest BCUT2D eigenvalue weighted by Crippen LogP contribution is -1.84. The van der Waals surface area contributed by atoms with Crippen molar-refractivity contribution < 1.29 is 0 Å². The highest BCUT2D eigenvalue weighted by atomic mass is 79.9. The van der Waals surface area contributed by atoms with Gasteiger partial charge in [0.25, 0.3) is 0 Å². The van der Waals surface area contributed by atoms with Crippen LogP contribution < -0.4 is 0 Å². The second-order valence-electron chi connectivity index (χ2n) is 3.86. The van der Waals surface area contributed by atoms with E-state index in [2.05, 4.69) is 48.8 Å². The first-order valence-electron chi connectivity index (χ1n) is 4.96. The van der Waals surface area contributed by atoms with E-state index in [0.717, 1.165) is 0 Å². The predicted octanol–water partition coefficient (Wildman–Crippen LogP) is 5.83. The Labute approximate surface area is 117 Å². The summed E-state index contributed by atoms with van der Waals surface area (Å²) in [6.07, 6.45) is 0. The first-order valence-corrected chi connectivity index (χ1v) is 7.82. The summed E-state index contributed by atoms with van der Waals surface area (Å²) < 4.78 is 1.18. The molecule has 0 aliphatic rings. The molecule has 0 spiro atoms. The summed E-state index contributed by atoms with van der Waals surface area (Å²) in [6.45, 7) is 6.37. The number of aryl methyl sites for hydroxylation is 3. The molecule has 0 aliphatic carbocycles. The highest BCUT2D eigenvalue weighted by Crippen LogP contribution is 2.40. The van der Waals surface area contributed by atoms with Crippen LogP contribution in [0.5, 0.6) is 0 Å². The normalized spacial score (nSPS) is 13.1. The number of rotatable bonds is 2. The van der Waals surface area contributed by atoms with Crippen molar-refractivity contribution in [2.75, 3.05) is 0 Å². The van der Waals surface area contributed by atoms with Gasteiger partial charge in [-0.2, -0.15) is 0 Å². The number of hydrogen-bond acceptors (Lipinski definition) is 2. The van der Waals surface area contributed by atoms with Crippen molar-refractivity contribution in [2.45, 2.75) is 26.1 Å². The lowest BCUT2D eigenvalue weighted by Gasteiger charge is -2.02. The molecule has 86 valence electrons. The van der Waals surface area contributed by atoms with Gasteiger partial charge in [0.2, 0.25) is 0 Å². The first-order chi connectivity index (χ1) is 7.49. The molecule has 0 bridgehead atoms. The Hall–Kier alpha value is 0.170. The monoisotopic (exact) mass is 334 g/mol. The fraction of sp³-hybridized carbons (Fsp3) is 0.333. The van der Waals surface area contributed by atoms with Crippen LogP contribution in [0.15, 0.2) is 15.9 Å². The quantitative estimate of drug-likeness (QED) is 0.606. The molecule has 2 heterocycles. The van der Waals surface area contributed by atoms with Crippen LogP contribution in [0.25, 0.3) is 0 Å². The van der Waals surface area contributed by atoms with Gasteiger partial charge < -0.3 is 0 Å². The van der Waals surface area contributed by atoms with Crippen LogP contribution in [-0.2, 0) is 0 Å². The molecule has 0 amide bonds. The fourth-order valence-corrected chi connectivity index (χ4v) is 4.55. The summed E-state index contributed by atoms with van der Waals surface area (Å²) in [5.41, 5.74) is 2.59. The van der Waals surface area contributed by atoms with Crippen molar-refractivity contribution in [1.82, 2.24) is 0 Å². The van der Waals surface area contributed by atoms with E-state index in [1.165, 1.54) is 29.5 Å². The Morgan fingerprint density at radius 1 is 1.06 bits per heavy atom. The van der Waals surface area contributed by atoms with E-state index in [-0.39, 0.29) is 5.38 Å². The molecule has 4 heteroatoms. The minimum Gasteiger partial charge on any atom is -0.143 e. The third-order valence-corrected chi connectivity index (χ3v) is 6.71. The minimum absolute atomic E-state index is 0.00704. The summed E-state index contributed by atoms with van der Waals surface area (Å²) >= 11 is 13.6. The van der Waals surface area contributed by atoms with Crippen LogP contribution in [0.1, 0.15) is 31.1 Å². The van der Waals surface area contributed by atoms with Crippen LogP contribution in [0.3, 0.4) is 0 Å². The van der Waals surface area contributed by atoms with Gasteiger partial charge in [-0.3, -0.25) is 0 Å². The molecule has 0 saturated heterocycles. The van der Waals surface area contributed by atoms with Gasteiger partial charge in [-0.15, -0.1) is 34.3 Å². The second kappa shape index (κ2) is 4.81. The summed E-state index contributed by atoms with van der Waals surface area (Å²) in [5, 5.41) is -0.00704. The average molecular weight is 336 g/mol. The van der Waals surface area contributed by atoms with Gasteiger partial charge in [0.15, 0.2) is 0 Å². The van der Waals surface area contributed by atoms with Gasteiger partial charge in [-0.25, -0.2) is 0 Å². The maximum atomic E-state index is 6.50. The maximum Gasteiger partial charge on any atom is 0.102 e. The lowest BCUT2D eigenvalue weighted by atomic mass is 10.2. The van der Waals surface area contributed by atoms with Crippen molar-refractivity contribution in [2.24, 2.45) is 0 Å². The van der Waals surface area contributed by atoms with Crippen LogP contribution in [-0.4, -0.2) is 0 Å². The van der Waals surface area contributed by atoms with E-state index in [1.807, 2.05) is 0 Å². The molecular weight excluding hydrogens is 324 g/mol.